The third kappa shape index (κ3) is 6.37. The van der Waals surface area contributed by atoms with Crippen LogP contribution in [0.15, 0.2) is 138 Å². The molecular formula is C53H50N2OS. The standard InChI is InChI=1S/C48H36N2OS.C3H8.C2H6/c1-30-11-8-9-26-49(33-13-10-12-31(27-33)32-20-24-45-39(28-32)37-16-4-7-19-44(37)51-45)43-23-22-38-40-29-34(21-25-46(40)52-48(38)47(30)43)50-41-17-5-2-14-35(41)36-15-3-6-18-42(36)50;1-3-2;1-2/h2-7,10,12-20,22-24,27-29H,1,8-9,11,21,25-26H2;3H2,1-2H3;1-2H3. The van der Waals surface area contributed by atoms with Gasteiger partial charge in [0.25, 0.3) is 0 Å². The van der Waals surface area contributed by atoms with E-state index >= 15 is 0 Å². The molecule has 0 saturated carbocycles. The summed E-state index contributed by atoms with van der Waals surface area (Å²) in [5, 5.41) is 6.31. The van der Waals surface area contributed by atoms with Crippen LogP contribution in [0.2, 0.25) is 0 Å². The van der Waals surface area contributed by atoms with Gasteiger partial charge in [0.15, 0.2) is 0 Å². The topological polar surface area (TPSA) is 21.3 Å². The predicted molar refractivity (Wildman–Crippen MR) is 250 cm³/mol. The monoisotopic (exact) mass is 762 g/mol. The average Bonchev–Trinajstić information content (AvgIpc) is 3.92. The Hall–Kier alpha value is -5.84. The molecule has 0 atom stereocenters. The summed E-state index contributed by atoms with van der Waals surface area (Å²) in [6, 6.07) is 46.4. The fraction of sp³-hybridized carbons (Fsp3) is 0.208. The molecule has 6 aromatic carbocycles. The lowest BCUT2D eigenvalue weighted by Crippen LogP contribution is -2.21. The van der Waals surface area contributed by atoms with Crippen molar-refractivity contribution in [2.75, 3.05) is 11.4 Å². The maximum absolute atomic E-state index is 6.14. The van der Waals surface area contributed by atoms with E-state index in [0.717, 1.165) is 60.6 Å². The van der Waals surface area contributed by atoms with Gasteiger partial charge in [-0.3, -0.25) is 0 Å². The average molecular weight is 763 g/mol. The molecule has 2 aliphatic rings. The number of aromatic nitrogens is 1. The number of aryl methyl sites for hydroxylation is 1. The zero-order valence-corrected chi connectivity index (χ0v) is 34.4. The van der Waals surface area contributed by atoms with Crippen molar-refractivity contribution in [1.82, 2.24) is 4.57 Å². The van der Waals surface area contributed by atoms with E-state index < -0.39 is 0 Å². The molecule has 0 spiro atoms. The number of anilines is 2. The van der Waals surface area contributed by atoms with E-state index in [1.165, 1.54) is 88.1 Å². The number of allylic oxidation sites excluding steroid dienone is 2. The van der Waals surface area contributed by atoms with Gasteiger partial charge in [0, 0.05) is 60.0 Å². The summed E-state index contributed by atoms with van der Waals surface area (Å²) in [5.41, 5.74) is 14.7. The SMILES string of the molecule is C=C1CCCCN(c2cccc(-c3ccc4oc5ccccc5c4c3)c2)c2ccc3c4c(sc3c21)CCC(n1c2ccccc2c2ccccc21)=C4.CC.CCC. The highest BCUT2D eigenvalue weighted by atomic mass is 32.1. The van der Waals surface area contributed by atoms with Crippen molar-refractivity contribution in [3.05, 3.63) is 150 Å². The highest BCUT2D eigenvalue weighted by Gasteiger charge is 2.26. The number of hydrogen-bond donors (Lipinski definition) is 0. The summed E-state index contributed by atoms with van der Waals surface area (Å²) in [6.07, 6.45) is 9.09. The molecule has 57 heavy (non-hydrogen) atoms. The summed E-state index contributed by atoms with van der Waals surface area (Å²) in [6.45, 7) is 14.0. The molecule has 0 saturated heterocycles. The van der Waals surface area contributed by atoms with Gasteiger partial charge in [-0.1, -0.05) is 120 Å². The first-order valence-corrected chi connectivity index (χ1v) is 21.7. The maximum atomic E-state index is 6.14. The molecule has 4 heteroatoms. The molecule has 0 N–H and O–H groups in total. The molecule has 0 amide bonds. The summed E-state index contributed by atoms with van der Waals surface area (Å²) >= 11 is 1.99. The third-order valence-corrected chi connectivity index (χ3v) is 12.7. The molecule has 0 unspecified atom stereocenters. The molecule has 4 heterocycles. The number of benzene rings is 6. The molecular weight excluding hydrogens is 713 g/mol. The van der Waals surface area contributed by atoms with Gasteiger partial charge in [-0.05, 0) is 109 Å². The molecule has 3 aromatic heterocycles. The van der Waals surface area contributed by atoms with Crippen LogP contribution in [0.5, 0.6) is 0 Å². The van der Waals surface area contributed by atoms with Crippen molar-refractivity contribution in [3.8, 4) is 11.1 Å². The lowest BCUT2D eigenvalue weighted by atomic mass is 9.93. The lowest BCUT2D eigenvalue weighted by molar-refractivity contribution is 0.669. The first-order chi connectivity index (χ1) is 28.1. The van der Waals surface area contributed by atoms with Crippen LogP contribution in [0, 0.1) is 0 Å². The summed E-state index contributed by atoms with van der Waals surface area (Å²) in [4.78, 5) is 4.03. The Morgan fingerprint density at radius 1 is 0.632 bits per heavy atom. The zero-order valence-electron chi connectivity index (χ0n) is 33.6. The molecule has 284 valence electrons. The van der Waals surface area contributed by atoms with Gasteiger partial charge in [-0.2, -0.15) is 0 Å². The lowest BCUT2D eigenvalue weighted by Gasteiger charge is -2.31. The Bertz CT molecular complexity index is 2920. The van der Waals surface area contributed by atoms with Gasteiger partial charge in [0.05, 0.1) is 16.7 Å². The fourth-order valence-electron chi connectivity index (χ4n) is 8.90. The van der Waals surface area contributed by atoms with Crippen LogP contribution in [0.25, 0.3) is 82.3 Å². The number of furan rings is 1. The van der Waals surface area contributed by atoms with Gasteiger partial charge >= 0.3 is 0 Å². The number of rotatable bonds is 3. The highest BCUT2D eigenvalue weighted by Crippen LogP contribution is 2.48. The van der Waals surface area contributed by atoms with Gasteiger partial charge < -0.3 is 13.9 Å². The van der Waals surface area contributed by atoms with Crippen LogP contribution in [0.3, 0.4) is 0 Å². The fourth-order valence-corrected chi connectivity index (χ4v) is 10.3. The molecule has 11 rings (SSSR count). The summed E-state index contributed by atoms with van der Waals surface area (Å²) < 4.78 is 10.0. The molecule has 0 fully saturated rings. The largest absolute Gasteiger partial charge is 0.456 e. The minimum atomic E-state index is 0.928. The van der Waals surface area contributed by atoms with Crippen LogP contribution in [-0.2, 0) is 6.42 Å². The molecule has 9 aromatic rings. The van der Waals surface area contributed by atoms with Gasteiger partial charge in [0.1, 0.15) is 11.2 Å². The number of fused-ring (bicyclic) bond motifs is 11. The predicted octanol–water partition coefficient (Wildman–Crippen LogP) is 16.3. The van der Waals surface area contributed by atoms with E-state index in [4.69, 9.17) is 11.0 Å². The van der Waals surface area contributed by atoms with E-state index in [-0.39, 0.29) is 0 Å². The number of hydrogen-bond acceptors (Lipinski definition) is 3. The van der Waals surface area contributed by atoms with E-state index in [9.17, 15) is 0 Å². The second-order valence-electron chi connectivity index (χ2n) is 15.1. The third-order valence-electron chi connectivity index (χ3n) is 11.4. The van der Waals surface area contributed by atoms with Gasteiger partial charge in [-0.15, -0.1) is 11.3 Å². The first-order valence-electron chi connectivity index (χ1n) is 20.9. The van der Waals surface area contributed by atoms with E-state index in [1.54, 1.807) is 0 Å². The van der Waals surface area contributed by atoms with E-state index in [1.807, 2.05) is 37.3 Å². The number of para-hydroxylation sites is 3. The second-order valence-corrected chi connectivity index (χ2v) is 16.2. The Labute approximate surface area is 340 Å². The molecule has 0 bridgehead atoms. The van der Waals surface area contributed by atoms with Crippen LogP contribution in [-0.4, -0.2) is 11.1 Å². The Morgan fingerprint density at radius 3 is 2.09 bits per heavy atom. The van der Waals surface area contributed by atoms with Crippen molar-refractivity contribution < 1.29 is 4.42 Å². The maximum Gasteiger partial charge on any atom is 0.135 e. The zero-order chi connectivity index (χ0) is 39.0. The Kier molecular flexibility index (Phi) is 10.1. The van der Waals surface area contributed by atoms with Crippen molar-refractivity contribution in [2.45, 2.75) is 66.2 Å². The number of thiophene rings is 1. The number of nitrogens with zero attached hydrogens (tertiary/aromatic N) is 2. The van der Waals surface area contributed by atoms with Crippen molar-refractivity contribution in [1.29, 1.82) is 0 Å². The molecule has 3 nitrogen and oxygen atoms in total. The van der Waals surface area contributed by atoms with Crippen molar-refractivity contribution in [2.24, 2.45) is 0 Å². The van der Waals surface area contributed by atoms with Crippen LogP contribution in [0.4, 0.5) is 11.4 Å². The Morgan fingerprint density at radius 2 is 1.32 bits per heavy atom. The van der Waals surface area contributed by atoms with E-state index in [0.29, 0.717) is 0 Å². The molecule has 1 aliphatic heterocycles. The minimum absolute atomic E-state index is 0.928. The normalized spacial score (nSPS) is 14.1. The van der Waals surface area contributed by atoms with Gasteiger partial charge in [0.2, 0.25) is 0 Å². The first kappa shape index (κ1) is 36.8. The summed E-state index contributed by atoms with van der Waals surface area (Å²) in [7, 11) is 0. The highest BCUT2D eigenvalue weighted by molar-refractivity contribution is 7.19. The van der Waals surface area contributed by atoms with Crippen molar-refractivity contribution >= 4 is 93.9 Å². The Balaban J connectivity index is 0.000000810. The van der Waals surface area contributed by atoms with Crippen LogP contribution >= 0.6 is 11.3 Å². The van der Waals surface area contributed by atoms with Crippen molar-refractivity contribution in [3.63, 3.8) is 0 Å². The van der Waals surface area contributed by atoms with Crippen LogP contribution in [0.1, 0.15) is 75.8 Å². The molecule has 1 aliphatic carbocycles. The van der Waals surface area contributed by atoms with Gasteiger partial charge in [-0.25, -0.2) is 0 Å². The minimum Gasteiger partial charge on any atom is -0.456 e. The quantitative estimate of drug-likeness (QED) is 0.179. The molecule has 0 radical (unpaired) electrons. The van der Waals surface area contributed by atoms with E-state index in [2.05, 4.69) is 145 Å². The second kappa shape index (κ2) is 15.6. The summed E-state index contributed by atoms with van der Waals surface area (Å²) in [5.74, 6) is 0. The smallest absolute Gasteiger partial charge is 0.135 e. The van der Waals surface area contributed by atoms with Crippen LogP contribution < -0.4 is 4.90 Å².